The molecular formula is C10H16ClN3O. The van der Waals surface area contributed by atoms with Crippen LogP contribution in [0.5, 0.6) is 0 Å². The van der Waals surface area contributed by atoms with Crippen LogP contribution in [0.4, 0.5) is 5.82 Å². The molecule has 1 aromatic heterocycles. The molecule has 0 saturated carbocycles. The summed E-state index contributed by atoms with van der Waals surface area (Å²) in [5, 5.41) is 0.541. The van der Waals surface area contributed by atoms with Gasteiger partial charge in [-0.1, -0.05) is 11.6 Å². The zero-order valence-corrected chi connectivity index (χ0v) is 9.66. The molecule has 0 aliphatic carbocycles. The van der Waals surface area contributed by atoms with Crippen LogP contribution >= 0.6 is 11.6 Å². The normalized spacial score (nSPS) is 14.9. The van der Waals surface area contributed by atoms with Gasteiger partial charge in [0.1, 0.15) is 5.82 Å². The summed E-state index contributed by atoms with van der Waals surface area (Å²) in [5.41, 5.74) is 12.5. The van der Waals surface area contributed by atoms with Gasteiger partial charge in [-0.15, -0.1) is 0 Å². The molecule has 0 fully saturated rings. The molecule has 0 amide bonds. The topological polar surface area (TPSA) is 74.2 Å². The quantitative estimate of drug-likeness (QED) is 0.825. The number of nitrogens with two attached hydrogens (primary N) is 2. The monoisotopic (exact) mass is 229 g/mol. The van der Waals surface area contributed by atoms with Crippen molar-refractivity contribution in [2.75, 3.05) is 12.8 Å². The van der Waals surface area contributed by atoms with E-state index >= 15 is 0 Å². The predicted octanol–water partition coefficient (Wildman–Crippen LogP) is 1.74. The van der Waals surface area contributed by atoms with E-state index in [-0.39, 0.29) is 12.1 Å². The van der Waals surface area contributed by atoms with Gasteiger partial charge in [-0.2, -0.15) is 0 Å². The Labute approximate surface area is 94.6 Å². The lowest BCUT2D eigenvalue weighted by molar-refractivity contribution is 0.105. The summed E-state index contributed by atoms with van der Waals surface area (Å²) in [6, 6.07) is 1.54. The van der Waals surface area contributed by atoms with E-state index in [1.165, 1.54) is 6.20 Å². The van der Waals surface area contributed by atoms with Crippen molar-refractivity contribution in [3.05, 3.63) is 22.8 Å². The number of ether oxygens (including phenoxy) is 1. The van der Waals surface area contributed by atoms with E-state index in [1.54, 1.807) is 13.2 Å². The molecule has 84 valence electrons. The first-order chi connectivity index (χ1) is 7.04. The average Bonchev–Trinajstić information content (AvgIpc) is 2.21. The Balaban J connectivity index is 2.80. The maximum absolute atomic E-state index is 5.98. The standard InChI is InChI=1S/C10H16ClN3O/c1-6(15-2)3-9(12)8-4-7(11)5-14-10(8)13/h4-6,9H,3,12H2,1-2H3,(H2,13,14). The van der Waals surface area contributed by atoms with Gasteiger partial charge >= 0.3 is 0 Å². The lowest BCUT2D eigenvalue weighted by Gasteiger charge is -2.17. The van der Waals surface area contributed by atoms with Crippen LogP contribution in [0.3, 0.4) is 0 Å². The second-order valence-corrected chi connectivity index (χ2v) is 3.95. The number of nitrogen functional groups attached to an aromatic ring is 1. The highest BCUT2D eigenvalue weighted by Gasteiger charge is 2.14. The first-order valence-corrected chi connectivity index (χ1v) is 5.11. The number of rotatable bonds is 4. The predicted molar refractivity (Wildman–Crippen MR) is 61.7 cm³/mol. The van der Waals surface area contributed by atoms with Crippen molar-refractivity contribution in [2.45, 2.75) is 25.5 Å². The van der Waals surface area contributed by atoms with Crippen LogP contribution in [0, 0.1) is 0 Å². The van der Waals surface area contributed by atoms with E-state index in [0.29, 0.717) is 17.3 Å². The summed E-state index contributed by atoms with van der Waals surface area (Å²) in [5.74, 6) is 0.426. The van der Waals surface area contributed by atoms with Crippen LogP contribution in [0.25, 0.3) is 0 Å². The Morgan fingerprint density at radius 3 is 2.87 bits per heavy atom. The Kier molecular flexibility index (Phi) is 4.32. The minimum atomic E-state index is -0.203. The van der Waals surface area contributed by atoms with Gasteiger partial charge in [0, 0.05) is 24.9 Å². The summed E-state index contributed by atoms with van der Waals surface area (Å²) in [7, 11) is 1.65. The van der Waals surface area contributed by atoms with Crippen LogP contribution in [0.1, 0.15) is 24.9 Å². The summed E-state index contributed by atoms with van der Waals surface area (Å²) in [4.78, 5) is 3.96. The first kappa shape index (κ1) is 12.2. The third-order valence-corrected chi connectivity index (χ3v) is 2.51. The molecule has 1 rings (SSSR count). The molecule has 2 atom stereocenters. The van der Waals surface area contributed by atoms with Crippen molar-refractivity contribution in [1.82, 2.24) is 4.98 Å². The molecule has 1 heterocycles. The number of halogens is 1. The van der Waals surface area contributed by atoms with Crippen molar-refractivity contribution in [1.29, 1.82) is 0 Å². The van der Waals surface area contributed by atoms with E-state index < -0.39 is 0 Å². The van der Waals surface area contributed by atoms with Gasteiger partial charge < -0.3 is 16.2 Å². The molecule has 0 saturated heterocycles. The maximum atomic E-state index is 5.98. The highest BCUT2D eigenvalue weighted by atomic mass is 35.5. The third kappa shape index (κ3) is 3.34. The van der Waals surface area contributed by atoms with Gasteiger partial charge in [0.05, 0.1) is 11.1 Å². The van der Waals surface area contributed by atoms with E-state index in [2.05, 4.69) is 4.98 Å². The van der Waals surface area contributed by atoms with Crippen molar-refractivity contribution in [3.63, 3.8) is 0 Å². The SMILES string of the molecule is COC(C)CC(N)c1cc(Cl)cnc1N. The Morgan fingerprint density at radius 1 is 1.60 bits per heavy atom. The Morgan fingerprint density at radius 2 is 2.27 bits per heavy atom. The molecule has 5 heteroatoms. The molecule has 0 aromatic carbocycles. The van der Waals surface area contributed by atoms with Crippen molar-refractivity contribution >= 4 is 17.4 Å². The van der Waals surface area contributed by atoms with Gasteiger partial charge in [-0.3, -0.25) is 0 Å². The molecule has 0 spiro atoms. The average molecular weight is 230 g/mol. The van der Waals surface area contributed by atoms with Crippen LogP contribution in [-0.2, 0) is 4.74 Å². The van der Waals surface area contributed by atoms with E-state index in [1.807, 2.05) is 6.92 Å². The zero-order chi connectivity index (χ0) is 11.4. The molecule has 0 bridgehead atoms. The lowest BCUT2D eigenvalue weighted by atomic mass is 10.0. The summed E-state index contributed by atoms with van der Waals surface area (Å²) in [6.07, 6.45) is 2.27. The van der Waals surface area contributed by atoms with E-state index in [0.717, 1.165) is 5.56 Å². The number of hydrogen-bond acceptors (Lipinski definition) is 4. The Hall–Kier alpha value is -0.840. The van der Waals surface area contributed by atoms with Crippen molar-refractivity contribution in [2.24, 2.45) is 5.73 Å². The number of methoxy groups -OCH3 is 1. The molecule has 15 heavy (non-hydrogen) atoms. The van der Waals surface area contributed by atoms with Crippen molar-refractivity contribution in [3.8, 4) is 0 Å². The van der Waals surface area contributed by atoms with E-state index in [4.69, 9.17) is 27.8 Å². The molecule has 4 N–H and O–H groups in total. The molecule has 2 unspecified atom stereocenters. The third-order valence-electron chi connectivity index (χ3n) is 2.30. The lowest BCUT2D eigenvalue weighted by Crippen LogP contribution is -2.19. The van der Waals surface area contributed by atoms with E-state index in [9.17, 15) is 0 Å². The number of hydrogen-bond donors (Lipinski definition) is 2. The Bertz CT molecular complexity index is 332. The molecule has 1 aromatic rings. The molecular weight excluding hydrogens is 214 g/mol. The van der Waals surface area contributed by atoms with Crippen molar-refractivity contribution < 1.29 is 4.74 Å². The number of aromatic nitrogens is 1. The molecule has 0 aliphatic heterocycles. The second-order valence-electron chi connectivity index (χ2n) is 3.52. The fourth-order valence-electron chi connectivity index (χ4n) is 1.34. The largest absolute Gasteiger partial charge is 0.383 e. The fourth-order valence-corrected chi connectivity index (χ4v) is 1.51. The van der Waals surface area contributed by atoms with Gasteiger partial charge in [-0.25, -0.2) is 4.98 Å². The van der Waals surface area contributed by atoms with Crippen LogP contribution in [-0.4, -0.2) is 18.2 Å². The highest BCUT2D eigenvalue weighted by Crippen LogP contribution is 2.24. The number of anilines is 1. The van der Waals surface area contributed by atoms with Gasteiger partial charge in [0.15, 0.2) is 0 Å². The number of pyridine rings is 1. The van der Waals surface area contributed by atoms with Crippen LogP contribution < -0.4 is 11.5 Å². The van der Waals surface area contributed by atoms with Crippen LogP contribution in [0.2, 0.25) is 5.02 Å². The fraction of sp³-hybridized carbons (Fsp3) is 0.500. The van der Waals surface area contributed by atoms with Gasteiger partial charge in [0.25, 0.3) is 0 Å². The molecule has 0 radical (unpaired) electrons. The maximum Gasteiger partial charge on any atom is 0.128 e. The summed E-state index contributed by atoms with van der Waals surface area (Å²) >= 11 is 5.83. The molecule has 0 aliphatic rings. The molecule has 4 nitrogen and oxygen atoms in total. The highest BCUT2D eigenvalue weighted by molar-refractivity contribution is 6.30. The van der Waals surface area contributed by atoms with Gasteiger partial charge in [0.2, 0.25) is 0 Å². The van der Waals surface area contributed by atoms with Gasteiger partial charge in [-0.05, 0) is 19.4 Å². The van der Waals surface area contributed by atoms with Crippen LogP contribution in [0.15, 0.2) is 12.3 Å². The minimum absolute atomic E-state index is 0.0818. The number of nitrogens with zero attached hydrogens (tertiary/aromatic N) is 1. The second kappa shape index (κ2) is 5.30. The first-order valence-electron chi connectivity index (χ1n) is 4.74. The summed E-state index contributed by atoms with van der Waals surface area (Å²) < 4.78 is 5.14. The summed E-state index contributed by atoms with van der Waals surface area (Å²) in [6.45, 7) is 1.95. The smallest absolute Gasteiger partial charge is 0.128 e. The zero-order valence-electron chi connectivity index (χ0n) is 8.90. The minimum Gasteiger partial charge on any atom is -0.383 e.